The van der Waals surface area contributed by atoms with E-state index in [0.717, 1.165) is 17.5 Å². The number of para-hydroxylation sites is 2. The van der Waals surface area contributed by atoms with E-state index in [9.17, 15) is 9.59 Å². The van der Waals surface area contributed by atoms with Crippen molar-refractivity contribution in [2.24, 2.45) is 5.92 Å². The highest BCUT2D eigenvalue weighted by atomic mass is 16.5. The molecule has 2 atom stereocenters. The van der Waals surface area contributed by atoms with Crippen molar-refractivity contribution < 1.29 is 18.7 Å². The first-order chi connectivity index (χ1) is 13.5. The summed E-state index contributed by atoms with van der Waals surface area (Å²) in [5.41, 5.74) is 2.76. The fourth-order valence-electron chi connectivity index (χ4n) is 2.83. The van der Waals surface area contributed by atoms with E-state index in [4.69, 9.17) is 9.15 Å². The van der Waals surface area contributed by atoms with Gasteiger partial charge in [0.15, 0.2) is 5.58 Å². The van der Waals surface area contributed by atoms with Gasteiger partial charge in [-0.15, -0.1) is 0 Å². The van der Waals surface area contributed by atoms with E-state index >= 15 is 0 Å². The molecule has 2 aromatic carbocycles. The fourth-order valence-corrected chi connectivity index (χ4v) is 2.83. The number of rotatable bonds is 6. The molecule has 0 bridgehead atoms. The minimum absolute atomic E-state index is 0.0516. The van der Waals surface area contributed by atoms with E-state index in [1.807, 2.05) is 44.2 Å². The molecule has 0 aliphatic rings. The maximum absolute atomic E-state index is 12.4. The average Bonchev–Trinajstić information content (AvgIpc) is 3.15. The molecule has 0 radical (unpaired) electrons. The molecule has 28 heavy (non-hydrogen) atoms. The number of carbonyl (C=O) groups excluding carboxylic acids is 2. The van der Waals surface area contributed by atoms with Crippen molar-refractivity contribution in [3.05, 3.63) is 48.5 Å². The molecule has 1 aromatic heterocycles. The van der Waals surface area contributed by atoms with Crippen molar-refractivity contribution in [2.45, 2.75) is 26.3 Å². The summed E-state index contributed by atoms with van der Waals surface area (Å²) in [5.74, 6) is -0.0497. The standard InChI is InChI=1S/C21H23N3O4/c1-4-13(2)18(20(25)27-3)24-21(26)22-15-9-7-8-14(12-15)19-23-16-10-5-6-11-17(16)28-19/h5-13,18H,4H2,1-3H3,(H2,22,24,26)/t13-,18+/m0/s1. The summed E-state index contributed by atoms with van der Waals surface area (Å²) in [6.45, 7) is 3.83. The number of methoxy groups -OCH3 is 1. The Balaban J connectivity index is 1.75. The highest BCUT2D eigenvalue weighted by Crippen LogP contribution is 2.26. The smallest absolute Gasteiger partial charge is 0.328 e. The first kappa shape index (κ1) is 19.4. The number of hydrogen-bond acceptors (Lipinski definition) is 5. The molecule has 0 spiro atoms. The van der Waals surface area contributed by atoms with Gasteiger partial charge in [0, 0.05) is 11.3 Å². The molecule has 146 valence electrons. The predicted octanol–water partition coefficient (Wildman–Crippen LogP) is 4.20. The van der Waals surface area contributed by atoms with Crippen LogP contribution in [-0.4, -0.2) is 30.1 Å². The van der Waals surface area contributed by atoms with Crippen LogP contribution in [0.15, 0.2) is 52.9 Å². The molecule has 0 fully saturated rings. The zero-order valence-corrected chi connectivity index (χ0v) is 16.1. The molecular weight excluding hydrogens is 358 g/mol. The number of anilines is 1. The third-order valence-electron chi connectivity index (χ3n) is 4.62. The van der Waals surface area contributed by atoms with Crippen LogP contribution in [0.2, 0.25) is 0 Å². The third kappa shape index (κ3) is 4.31. The summed E-state index contributed by atoms with van der Waals surface area (Å²) >= 11 is 0. The van der Waals surface area contributed by atoms with Crippen LogP contribution in [-0.2, 0) is 9.53 Å². The number of ether oxygens (including phenoxy) is 1. The second-order valence-electron chi connectivity index (χ2n) is 6.55. The lowest BCUT2D eigenvalue weighted by molar-refractivity contribution is -0.144. The molecule has 2 amide bonds. The van der Waals surface area contributed by atoms with Crippen LogP contribution in [0.3, 0.4) is 0 Å². The number of aromatic nitrogens is 1. The van der Waals surface area contributed by atoms with Crippen LogP contribution < -0.4 is 10.6 Å². The number of amides is 2. The van der Waals surface area contributed by atoms with Crippen molar-refractivity contribution in [1.29, 1.82) is 0 Å². The lowest BCUT2D eigenvalue weighted by atomic mass is 9.99. The second-order valence-corrected chi connectivity index (χ2v) is 6.55. The molecule has 7 nitrogen and oxygen atoms in total. The van der Waals surface area contributed by atoms with E-state index in [0.29, 0.717) is 17.2 Å². The zero-order chi connectivity index (χ0) is 20.1. The maximum Gasteiger partial charge on any atom is 0.328 e. The molecular formula is C21H23N3O4. The summed E-state index contributed by atoms with van der Waals surface area (Å²) in [6.07, 6.45) is 0.729. The summed E-state index contributed by atoms with van der Waals surface area (Å²) in [5, 5.41) is 5.43. The first-order valence-electron chi connectivity index (χ1n) is 9.13. The van der Waals surface area contributed by atoms with Gasteiger partial charge < -0.3 is 19.8 Å². The highest BCUT2D eigenvalue weighted by molar-refractivity contribution is 5.93. The molecule has 0 unspecified atom stereocenters. The van der Waals surface area contributed by atoms with Gasteiger partial charge in [-0.2, -0.15) is 0 Å². The van der Waals surface area contributed by atoms with Gasteiger partial charge >= 0.3 is 12.0 Å². The van der Waals surface area contributed by atoms with Crippen LogP contribution in [0, 0.1) is 5.92 Å². The van der Waals surface area contributed by atoms with Gasteiger partial charge in [-0.25, -0.2) is 14.6 Å². The Kier molecular flexibility index (Phi) is 5.93. The second kappa shape index (κ2) is 8.56. The zero-order valence-electron chi connectivity index (χ0n) is 16.1. The van der Waals surface area contributed by atoms with E-state index in [1.54, 1.807) is 18.2 Å². The van der Waals surface area contributed by atoms with E-state index in [1.165, 1.54) is 7.11 Å². The van der Waals surface area contributed by atoms with Crippen LogP contribution >= 0.6 is 0 Å². The first-order valence-corrected chi connectivity index (χ1v) is 9.13. The van der Waals surface area contributed by atoms with Crippen LogP contribution in [0.25, 0.3) is 22.6 Å². The van der Waals surface area contributed by atoms with Crippen LogP contribution in [0.1, 0.15) is 20.3 Å². The third-order valence-corrected chi connectivity index (χ3v) is 4.62. The largest absolute Gasteiger partial charge is 0.467 e. The minimum atomic E-state index is -0.713. The van der Waals surface area contributed by atoms with Gasteiger partial charge in [-0.1, -0.05) is 38.5 Å². The highest BCUT2D eigenvalue weighted by Gasteiger charge is 2.26. The predicted molar refractivity (Wildman–Crippen MR) is 107 cm³/mol. The summed E-state index contributed by atoms with van der Waals surface area (Å²) in [6, 6.07) is 13.5. The molecule has 1 heterocycles. The van der Waals surface area contributed by atoms with Crippen molar-refractivity contribution in [1.82, 2.24) is 10.3 Å². The Morgan fingerprint density at radius 1 is 1.18 bits per heavy atom. The SMILES string of the molecule is CC[C@H](C)[C@@H](NC(=O)Nc1cccc(-c2nc3ccccc3o2)c1)C(=O)OC. The van der Waals surface area contributed by atoms with Crippen LogP contribution in [0.5, 0.6) is 0 Å². The normalized spacial score (nSPS) is 13.0. The minimum Gasteiger partial charge on any atom is -0.467 e. The molecule has 7 heteroatoms. The average molecular weight is 381 g/mol. The summed E-state index contributed by atoms with van der Waals surface area (Å²) in [7, 11) is 1.31. The van der Waals surface area contributed by atoms with Gasteiger partial charge in [0.1, 0.15) is 11.6 Å². The molecule has 3 aromatic rings. The van der Waals surface area contributed by atoms with Gasteiger partial charge in [0.2, 0.25) is 5.89 Å². The number of nitrogens with zero attached hydrogens (tertiary/aromatic N) is 1. The monoisotopic (exact) mass is 381 g/mol. The number of carbonyl (C=O) groups is 2. The van der Waals surface area contributed by atoms with Gasteiger partial charge in [0.25, 0.3) is 0 Å². The van der Waals surface area contributed by atoms with Crippen molar-refractivity contribution >= 4 is 28.8 Å². The van der Waals surface area contributed by atoms with Crippen molar-refractivity contribution in [3.63, 3.8) is 0 Å². The summed E-state index contributed by atoms with van der Waals surface area (Å²) in [4.78, 5) is 28.8. The Morgan fingerprint density at radius 3 is 2.68 bits per heavy atom. The lowest BCUT2D eigenvalue weighted by Gasteiger charge is -2.22. The van der Waals surface area contributed by atoms with Gasteiger partial charge in [-0.05, 0) is 36.2 Å². The Bertz CT molecular complexity index is 949. The topological polar surface area (TPSA) is 93.5 Å². The molecule has 3 rings (SSSR count). The van der Waals surface area contributed by atoms with E-state index < -0.39 is 18.0 Å². The van der Waals surface area contributed by atoms with E-state index in [2.05, 4.69) is 15.6 Å². The van der Waals surface area contributed by atoms with E-state index in [-0.39, 0.29) is 5.92 Å². The van der Waals surface area contributed by atoms with Crippen molar-refractivity contribution in [2.75, 3.05) is 12.4 Å². The van der Waals surface area contributed by atoms with Crippen molar-refractivity contribution in [3.8, 4) is 11.5 Å². The number of fused-ring (bicyclic) bond motifs is 1. The molecule has 0 aliphatic carbocycles. The Hall–Kier alpha value is -3.35. The Morgan fingerprint density at radius 2 is 1.96 bits per heavy atom. The number of hydrogen-bond donors (Lipinski definition) is 2. The van der Waals surface area contributed by atoms with Crippen LogP contribution in [0.4, 0.5) is 10.5 Å². The number of nitrogens with one attached hydrogen (secondary N) is 2. The number of oxazole rings is 1. The number of urea groups is 1. The maximum atomic E-state index is 12.4. The van der Waals surface area contributed by atoms with Gasteiger partial charge in [-0.3, -0.25) is 0 Å². The lowest BCUT2D eigenvalue weighted by Crippen LogP contribution is -2.47. The molecule has 0 aliphatic heterocycles. The molecule has 0 saturated heterocycles. The molecule has 0 saturated carbocycles. The Labute approximate surface area is 163 Å². The summed E-state index contributed by atoms with van der Waals surface area (Å²) < 4.78 is 10.6. The number of benzene rings is 2. The molecule has 2 N–H and O–H groups in total. The fraction of sp³-hybridized carbons (Fsp3) is 0.286. The quantitative estimate of drug-likeness (QED) is 0.624. The number of esters is 1. The van der Waals surface area contributed by atoms with Gasteiger partial charge in [0.05, 0.1) is 7.11 Å².